The van der Waals surface area contributed by atoms with Crippen molar-refractivity contribution in [3.63, 3.8) is 0 Å². The molecule has 0 radical (unpaired) electrons. The van der Waals surface area contributed by atoms with Gasteiger partial charge in [0.2, 0.25) is 0 Å². The topological polar surface area (TPSA) is 38.5 Å². The summed E-state index contributed by atoms with van der Waals surface area (Å²) in [6.45, 7) is 18.8. The fraction of sp³-hybridized carbons (Fsp3) is 1.00. The summed E-state index contributed by atoms with van der Waals surface area (Å²) < 4.78 is 6.21. The molecule has 2 unspecified atom stereocenters. The number of ether oxygens (including phenoxy) is 1. The number of rotatable bonds is 7. The minimum Gasteiger partial charge on any atom is -0.368 e. The maximum absolute atomic E-state index is 6.48. The molecule has 1 fully saturated rings. The first-order valence-corrected chi connectivity index (χ1v) is 8.36. The Morgan fingerprint density at radius 3 is 1.95 bits per heavy atom. The lowest BCUT2D eigenvalue weighted by molar-refractivity contribution is -0.0786. The predicted molar refractivity (Wildman–Crippen MR) is 86.9 cm³/mol. The molecule has 1 aliphatic heterocycles. The summed E-state index contributed by atoms with van der Waals surface area (Å²) in [6.07, 6.45) is 2.52. The van der Waals surface area contributed by atoms with Gasteiger partial charge in [-0.1, -0.05) is 33.6 Å². The zero-order valence-corrected chi connectivity index (χ0v) is 14.7. The minimum atomic E-state index is -0.220. The molecule has 1 heterocycles. The normalized spacial score (nSPS) is 28.5. The summed E-state index contributed by atoms with van der Waals surface area (Å²) in [4.78, 5) is 2.56. The van der Waals surface area contributed by atoms with Gasteiger partial charge in [0.1, 0.15) is 0 Å². The van der Waals surface area contributed by atoms with Gasteiger partial charge in [-0.25, -0.2) is 0 Å². The number of hydrogen-bond acceptors (Lipinski definition) is 3. The van der Waals surface area contributed by atoms with E-state index in [1.165, 1.54) is 19.4 Å². The van der Waals surface area contributed by atoms with Gasteiger partial charge in [-0.05, 0) is 40.2 Å². The first kappa shape index (κ1) is 17.9. The Morgan fingerprint density at radius 2 is 1.60 bits per heavy atom. The molecule has 0 saturated carbocycles. The van der Waals surface area contributed by atoms with E-state index in [1.807, 2.05) is 0 Å². The van der Waals surface area contributed by atoms with Crippen molar-refractivity contribution >= 4 is 0 Å². The molecule has 1 aliphatic rings. The summed E-state index contributed by atoms with van der Waals surface area (Å²) in [6, 6.07) is 0.105. The summed E-state index contributed by atoms with van der Waals surface area (Å²) in [5.74, 6) is 1.19. The highest BCUT2D eigenvalue weighted by atomic mass is 16.5. The van der Waals surface area contributed by atoms with Crippen molar-refractivity contribution in [1.29, 1.82) is 0 Å². The van der Waals surface area contributed by atoms with Crippen molar-refractivity contribution in [2.75, 3.05) is 19.6 Å². The van der Waals surface area contributed by atoms with E-state index in [1.54, 1.807) is 0 Å². The van der Waals surface area contributed by atoms with E-state index in [2.05, 4.69) is 53.4 Å². The Hall–Kier alpha value is -0.120. The Morgan fingerprint density at radius 1 is 1.05 bits per heavy atom. The predicted octanol–water partition coefficient (Wildman–Crippen LogP) is 3.28. The highest BCUT2D eigenvalue weighted by Crippen LogP contribution is 2.41. The van der Waals surface area contributed by atoms with Crippen LogP contribution in [0.1, 0.15) is 61.3 Å². The van der Waals surface area contributed by atoms with Crippen LogP contribution in [-0.2, 0) is 4.74 Å². The largest absolute Gasteiger partial charge is 0.368 e. The molecular weight excluding hydrogens is 248 g/mol. The molecule has 3 nitrogen and oxygen atoms in total. The third-order valence-electron chi connectivity index (χ3n) is 5.23. The summed E-state index contributed by atoms with van der Waals surface area (Å²) in [5, 5.41) is 0. The van der Waals surface area contributed by atoms with Crippen molar-refractivity contribution in [3.05, 3.63) is 0 Å². The molecule has 20 heavy (non-hydrogen) atoms. The molecule has 0 bridgehead atoms. The van der Waals surface area contributed by atoms with Crippen molar-refractivity contribution < 1.29 is 4.74 Å². The van der Waals surface area contributed by atoms with Gasteiger partial charge in [-0.2, -0.15) is 0 Å². The molecule has 1 rings (SSSR count). The number of hydrogen-bond donors (Lipinski definition) is 1. The van der Waals surface area contributed by atoms with E-state index in [4.69, 9.17) is 10.5 Å². The minimum absolute atomic E-state index is 0.105. The van der Waals surface area contributed by atoms with Crippen LogP contribution in [0.25, 0.3) is 0 Å². The first-order chi connectivity index (χ1) is 9.17. The SMILES string of the molecule is CCC(CC)CN(CC)CC1C(N)C(C)(C)OC1(C)C. The zero-order valence-electron chi connectivity index (χ0n) is 14.7. The van der Waals surface area contributed by atoms with Gasteiger partial charge in [0.25, 0.3) is 0 Å². The third-order valence-corrected chi connectivity index (χ3v) is 5.23. The third kappa shape index (κ3) is 3.96. The summed E-state index contributed by atoms with van der Waals surface area (Å²) in [7, 11) is 0. The van der Waals surface area contributed by atoms with Crippen LogP contribution >= 0.6 is 0 Å². The zero-order chi connectivity index (χ0) is 15.6. The van der Waals surface area contributed by atoms with Crippen LogP contribution in [0.5, 0.6) is 0 Å². The second kappa shape index (κ2) is 6.76. The van der Waals surface area contributed by atoms with E-state index in [-0.39, 0.29) is 17.2 Å². The molecule has 2 N–H and O–H groups in total. The van der Waals surface area contributed by atoms with E-state index < -0.39 is 0 Å². The number of nitrogens with zero attached hydrogens (tertiary/aromatic N) is 1. The van der Waals surface area contributed by atoms with E-state index in [0.29, 0.717) is 5.92 Å². The second-order valence-corrected chi connectivity index (χ2v) is 7.48. The molecule has 0 amide bonds. The maximum atomic E-state index is 6.48. The van der Waals surface area contributed by atoms with E-state index in [9.17, 15) is 0 Å². The van der Waals surface area contributed by atoms with E-state index >= 15 is 0 Å². The standard InChI is InChI=1S/C17H36N2O/c1-8-13(9-2)11-19(10-3)12-14-15(18)17(6,7)20-16(14,4)5/h13-15H,8-12,18H2,1-7H3. The van der Waals surface area contributed by atoms with Crippen LogP contribution in [0.15, 0.2) is 0 Å². The van der Waals surface area contributed by atoms with Crippen LogP contribution < -0.4 is 5.73 Å². The Kier molecular flexibility index (Phi) is 6.06. The molecule has 120 valence electrons. The van der Waals surface area contributed by atoms with Crippen molar-refractivity contribution in [2.45, 2.75) is 78.6 Å². The van der Waals surface area contributed by atoms with Crippen LogP contribution in [0.2, 0.25) is 0 Å². The van der Waals surface area contributed by atoms with Gasteiger partial charge in [0.15, 0.2) is 0 Å². The molecule has 2 atom stereocenters. The Labute approximate surface area is 126 Å². The fourth-order valence-electron chi connectivity index (χ4n) is 3.59. The average Bonchev–Trinajstić information content (AvgIpc) is 2.51. The van der Waals surface area contributed by atoms with Crippen molar-refractivity contribution in [3.8, 4) is 0 Å². The molecule has 0 aromatic heterocycles. The van der Waals surface area contributed by atoms with Gasteiger partial charge >= 0.3 is 0 Å². The second-order valence-electron chi connectivity index (χ2n) is 7.48. The Balaban J connectivity index is 2.73. The summed E-state index contributed by atoms with van der Waals surface area (Å²) in [5.41, 5.74) is 6.13. The molecule has 0 spiro atoms. The highest BCUT2D eigenvalue weighted by molar-refractivity contribution is 5.04. The molecule has 0 aliphatic carbocycles. The van der Waals surface area contributed by atoms with Crippen molar-refractivity contribution in [1.82, 2.24) is 4.90 Å². The van der Waals surface area contributed by atoms with E-state index in [0.717, 1.165) is 19.0 Å². The van der Waals surface area contributed by atoms with Gasteiger partial charge in [0, 0.05) is 25.0 Å². The average molecular weight is 284 g/mol. The fourth-order valence-corrected chi connectivity index (χ4v) is 3.59. The molecular formula is C17H36N2O. The van der Waals surface area contributed by atoms with Gasteiger partial charge in [-0.15, -0.1) is 0 Å². The molecule has 3 heteroatoms. The molecule has 0 aromatic rings. The van der Waals surface area contributed by atoms with Crippen LogP contribution in [0.3, 0.4) is 0 Å². The quantitative estimate of drug-likeness (QED) is 0.780. The maximum Gasteiger partial charge on any atom is 0.0788 e. The lowest BCUT2D eigenvalue weighted by atomic mass is 9.82. The first-order valence-electron chi connectivity index (χ1n) is 8.36. The van der Waals surface area contributed by atoms with Crippen LogP contribution in [0.4, 0.5) is 0 Å². The summed E-state index contributed by atoms with van der Waals surface area (Å²) >= 11 is 0. The monoisotopic (exact) mass is 284 g/mol. The van der Waals surface area contributed by atoms with Crippen molar-refractivity contribution in [2.24, 2.45) is 17.6 Å². The highest BCUT2D eigenvalue weighted by Gasteiger charge is 2.52. The lowest BCUT2D eigenvalue weighted by Crippen LogP contribution is -2.48. The molecule has 1 saturated heterocycles. The van der Waals surface area contributed by atoms with Crippen LogP contribution in [-0.4, -0.2) is 41.8 Å². The van der Waals surface area contributed by atoms with Crippen LogP contribution in [0, 0.1) is 11.8 Å². The van der Waals surface area contributed by atoms with Gasteiger partial charge < -0.3 is 15.4 Å². The Bertz CT molecular complexity index is 297. The smallest absolute Gasteiger partial charge is 0.0788 e. The number of nitrogens with two attached hydrogens (primary N) is 1. The van der Waals surface area contributed by atoms with Gasteiger partial charge in [-0.3, -0.25) is 0 Å². The molecule has 0 aromatic carbocycles. The van der Waals surface area contributed by atoms with Gasteiger partial charge in [0.05, 0.1) is 11.2 Å². The lowest BCUT2D eigenvalue weighted by Gasteiger charge is -2.34.